The van der Waals surface area contributed by atoms with Crippen LogP contribution in [0.15, 0.2) is 79.1 Å². The number of pyridine rings is 1. The minimum Gasteiger partial charge on any atom is -0.314 e. The number of nitrogens with zero attached hydrogens (tertiary/aromatic N) is 6. The van der Waals surface area contributed by atoms with E-state index in [2.05, 4.69) is 10.3 Å². The molecule has 0 aliphatic heterocycles. The van der Waals surface area contributed by atoms with Gasteiger partial charge in [0.25, 0.3) is 0 Å². The Hall–Kier alpha value is -4.94. The van der Waals surface area contributed by atoms with E-state index in [0.29, 0.717) is 62.1 Å². The van der Waals surface area contributed by atoms with Gasteiger partial charge in [-0.25, -0.2) is 31.8 Å². The van der Waals surface area contributed by atoms with E-state index in [1.807, 2.05) is 25.2 Å². The van der Waals surface area contributed by atoms with Crippen LogP contribution in [0.25, 0.3) is 55.3 Å². The summed E-state index contributed by atoms with van der Waals surface area (Å²) in [5.41, 5.74) is 5.96. The van der Waals surface area contributed by atoms with Crippen molar-refractivity contribution in [3.8, 4) is 16.9 Å². The summed E-state index contributed by atoms with van der Waals surface area (Å²) in [4.78, 5) is 9.52. The van der Waals surface area contributed by atoms with Gasteiger partial charge < -0.3 is 5.32 Å². The smallest absolute Gasteiger partial charge is 0.232 e. The molecule has 43 heavy (non-hydrogen) atoms. The molecular weight excluding hydrogens is 572 g/mol. The van der Waals surface area contributed by atoms with Crippen molar-refractivity contribution in [1.82, 2.24) is 29.5 Å². The minimum absolute atomic E-state index is 0.344. The van der Waals surface area contributed by atoms with Crippen molar-refractivity contribution in [2.75, 3.05) is 24.7 Å². The molecule has 0 unspecified atom stereocenters. The predicted molar refractivity (Wildman–Crippen MR) is 164 cm³/mol. The van der Waals surface area contributed by atoms with Gasteiger partial charge in [-0.2, -0.15) is 5.10 Å². The molecule has 0 radical (unpaired) electrons. The van der Waals surface area contributed by atoms with E-state index in [0.717, 1.165) is 17.3 Å². The molecule has 4 heterocycles. The monoisotopic (exact) mass is 597 g/mol. The molecule has 216 valence electrons. The molecule has 0 saturated heterocycles. The Morgan fingerprint density at radius 1 is 0.930 bits per heavy atom. The number of nitrogens with one attached hydrogen (secondary N) is 1. The lowest BCUT2D eigenvalue weighted by molar-refractivity contribution is 0.600. The van der Waals surface area contributed by atoms with Gasteiger partial charge in [0.15, 0.2) is 0 Å². The lowest BCUT2D eigenvalue weighted by Crippen LogP contribution is -2.25. The summed E-state index contributed by atoms with van der Waals surface area (Å²) < 4.78 is 58.6. The van der Waals surface area contributed by atoms with Crippen molar-refractivity contribution in [3.05, 3.63) is 96.5 Å². The fraction of sp³-hybridized carbons (Fsp3) is 0.129. The molecule has 1 N–H and O–H groups in total. The van der Waals surface area contributed by atoms with E-state index in [-0.39, 0.29) is 11.6 Å². The standard InChI is InChI=1S/C31H25F2N7O2S/c1-34-16-30-22-13-21(28(38(2)43(3,41)42)15-26(22)37-40(30)19-9-7-18(32)8-10-19)24-11-12-25-31(36-24)29-14-20-23(33)5-4-6-27(20)39(29)17-35-25/h4-15,17,34H,16H2,1-3H3. The third kappa shape index (κ3) is 4.37. The van der Waals surface area contributed by atoms with E-state index in [4.69, 9.17) is 10.1 Å². The van der Waals surface area contributed by atoms with Gasteiger partial charge in [0.2, 0.25) is 10.0 Å². The Morgan fingerprint density at radius 3 is 2.47 bits per heavy atom. The van der Waals surface area contributed by atoms with Gasteiger partial charge in [0.1, 0.15) is 23.5 Å². The van der Waals surface area contributed by atoms with Crippen LogP contribution in [0.5, 0.6) is 0 Å². The maximum atomic E-state index is 14.7. The summed E-state index contributed by atoms with van der Waals surface area (Å²) in [6.45, 7) is 0.437. The van der Waals surface area contributed by atoms with Crippen molar-refractivity contribution in [3.63, 3.8) is 0 Å². The molecule has 0 aliphatic carbocycles. The van der Waals surface area contributed by atoms with Gasteiger partial charge in [-0.15, -0.1) is 0 Å². The Bertz CT molecular complexity index is 2330. The average Bonchev–Trinajstić information content (AvgIpc) is 3.55. The van der Waals surface area contributed by atoms with Gasteiger partial charge in [0, 0.05) is 29.9 Å². The first kappa shape index (κ1) is 26.9. The number of aromatic nitrogens is 5. The molecule has 7 aromatic rings. The number of fused-ring (bicyclic) bond motifs is 6. The second kappa shape index (κ2) is 9.82. The number of sulfonamides is 1. The van der Waals surface area contributed by atoms with Crippen LogP contribution in [0.2, 0.25) is 0 Å². The number of anilines is 1. The SMILES string of the molecule is CNCc1c2cc(-c3ccc4ncn5c6cccc(F)c6cc5c4n3)c(N(C)S(C)(=O)=O)cc2nn1-c1ccc(F)cc1. The summed E-state index contributed by atoms with van der Waals surface area (Å²) in [5.74, 6) is -0.706. The van der Waals surface area contributed by atoms with Crippen molar-refractivity contribution < 1.29 is 17.2 Å². The Labute approximate surface area is 245 Å². The molecular formula is C31H25F2N7O2S. The minimum atomic E-state index is -3.67. The van der Waals surface area contributed by atoms with Crippen molar-refractivity contribution >= 4 is 54.1 Å². The quantitative estimate of drug-likeness (QED) is 0.275. The largest absolute Gasteiger partial charge is 0.314 e. The van der Waals surface area contributed by atoms with Crippen molar-refractivity contribution in [1.29, 1.82) is 0 Å². The van der Waals surface area contributed by atoms with Crippen LogP contribution in [0, 0.1) is 11.6 Å². The van der Waals surface area contributed by atoms with Crippen LogP contribution < -0.4 is 9.62 Å². The molecule has 3 aromatic carbocycles. The topological polar surface area (TPSA) is 97.4 Å². The summed E-state index contributed by atoms with van der Waals surface area (Å²) >= 11 is 0. The lowest BCUT2D eigenvalue weighted by Gasteiger charge is -2.20. The zero-order chi connectivity index (χ0) is 30.0. The van der Waals surface area contributed by atoms with Crippen LogP contribution in [-0.4, -0.2) is 52.9 Å². The summed E-state index contributed by atoms with van der Waals surface area (Å²) in [7, 11) is -0.371. The van der Waals surface area contributed by atoms with Gasteiger partial charge in [-0.05, 0) is 73.8 Å². The van der Waals surface area contributed by atoms with Crippen molar-refractivity contribution in [2.24, 2.45) is 0 Å². The second-order valence-corrected chi connectivity index (χ2v) is 12.4. The first-order chi connectivity index (χ1) is 20.6. The highest BCUT2D eigenvalue weighted by molar-refractivity contribution is 7.92. The first-order valence-electron chi connectivity index (χ1n) is 13.4. The number of halogens is 2. The number of hydrogen-bond acceptors (Lipinski definition) is 6. The molecule has 0 saturated carbocycles. The number of rotatable bonds is 6. The zero-order valence-electron chi connectivity index (χ0n) is 23.4. The van der Waals surface area contributed by atoms with Crippen LogP contribution in [0.3, 0.4) is 0 Å². The Morgan fingerprint density at radius 2 is 1.72 bits per heavy atom. The maximum Gasteiger partial charge on any atom is 0.232 e. The lowest BCUT2D eigenvalue weighted by atomic mass is 10.0. The number of benzene rings is 3. The van der Waals surface area contributed by atoms with E-state index in [9.17, 15) is 17.2 Å². The second-order valence-electron chi connectivity index (χ2n) is 10.4. The van der Waals surface area contributed by atoms with E-state index in [1.54, 1.807) is 51.8 Å². The number of hydrogen-bond donors (Lipinski definition) is 1. The molecule has 9 nitrogen and oxygen atoms in total. The highest BCUT2D eigenvalue weighted by atomic mass is 32.2. The fourth-order valence-corrected chi connectivity index (χ4v) is 6.00. The highest BCUT2D eigenvalue weighted by Gasteiger charge is 2.23. The van der Waals surface area contributed by atoms with Gasteiger partial charge >= 0.3 is 0 Å². The average molecular weight is 598 g/mol. The van der Waals surface area contributed by atoms with E-state index in [1.165, 1.54) is 29.6 Å². The molecule has 0 aliphatic rings. The van der Waals surface area contributed by atoms with Gasteiger partial charge in [0.05, 0.1) is 51.1 Å². The van der Waals surface area contributed by atoms with Crippen LogP contribution in [0.4, 0.5) is 14.5 Å². The van der Waals surface area contributed by atoms with Crippen LogP contribution >= 0.6 is 0 Å². The molecule has 0 fully saturated rings. The zero-order valence-corrected chi connectivity index (χ0v) is 24.2. The first-order valence-corrected chi connectivity index (χ1v) is 15.2. The molecule has 0 atom stereocenters. The van der Waals surface area contributed by atoms with Crippen LogP contribution in [0.1, 0.15) is 5.69 Å². The third-order valence-corrected chi connectivity index (χ3v) is 8.87. The Kier molecular flexibility index (Phi) is 6.15. The third-order valence-electron chi connectivity index (χ3n) is 7.68. The summed E-state index contributed by atoms with van der Waals surface area (Å²) in [6.07, 6.45) is 2.77. The molecule has 0 amide bonds. The van der Waals surface area contributed by atoms with E-state index >= 15 is 0 Å². The Balaban J connectivity index is 1.52. The molecule has 4 aromatic heterocycles. The normalized spacial score (nSPS) is 12.2. The predicted octanol–water partition coefficient (Wildman–Crippen LogP) is 5.44. The molecule has 12 heteroatoms. The highest BCUT2D eigenvalue weighted by Crippen LogP contribution is 2.37. The molecule has 0 bridgehead atoms. The molecule has 0 spiro atoms. The summed E-state index contributed by atoms with van der Waals surface area (Å²) in [6, 6.07) is 19.8. The van der Waals surface area contributed by atoms with Crippen molar-refractivity contribution in [2.45, 2.75) is 6.54 Å². The van der Waals surface area contributed by atoms with Gasteiger partial charge in [-0.1, -0.05) is 6.07 Å². The van der Waals surface area contributed by atoms with Crippen LogP contribution in [-0.2, 0) is 16.6 Å². The molecule has 7 rings (SSSR count). The fourth-order valence-electron chi connectivity index (χ4n) is 5.49. The summed E-state index contributed by atoms with van der Waals surface area (Å²) in [5, 5.41) is 9.17. The van der Waals surface area contributed by atoms with E-state index < -0.39 is 10.0 Å². The van der Waals surface area contributed by atoms with Gasteiger partial charge in [-0.3, -0.25) is 8.71 Å². The maximum absolute atomic E-state index is 14.7.